The number of rotatable bonds is 7. The number of amides is 1. The number of halogens is 1. The number of hydrogen-bond donors (Lipinski definition) is 1. The van der Waals surface area contributed by atoms with Crippen LogP contribution in [0.2, 0.25) is 5.02 Å². The van der Waals surface area contributed by atoms with Crippen LogP contribution in [0.4, 0.5) is 0 Å². The summed E-state index contributed by atoms with van der Waals surface area (Å²) in [5.41, 5.74) is 1.60. The highest BCUT2D eigenvalue weighted by atomic mass is 35.5. The van der Waals surface area contributed by atoms with Crippen molar-refractivity contribution < 1.29 is 14.3 Å². The normalized spacial score (nSPS) is 10.3. The number of pyridine rings is 2. The number of carbonyl (C=O) groups excluding carboxylic acids is 1. The van der Waals surface area contributed by atoms with Gasteiger partial charge in [-0.15, -0.1) is 0 Å². The first-order chi connectivity index (χ1) is 13.1. The highest BCUT2D eigenvalue weighted by molar-refractivity contribution is 6.30. The van der Waals surface area contributed by atoms with Crippen molar-refractivity contribution in [2.75, 3.05) is 7.11 Å². The van der Waals surface area contributed by atoms with Crippen molar-refractivity contribution >= 4 is 17.5 Å². The predicted molar refractivity (Wildman–Crippen MR) is 102 cm³/mol. The van der Waals surface area contributed by atoms with E-state index in [9.17, 15) is 4.79 Å². The quantitative estimate of drug-likeness (QED) is 0.672. The molecule has 0 atom stereocenters. The molecule has 0 saturated carbocycles. The van der Waals surface area contributed by atoms with E-state index in [4.69, 9.17) is 21.1 Å². The van der Waals surface area contributed by atoms with Crippen LogP contribution in [0.3, 0.4) is 0 Å². The smallest absolute Gasteiger partial charge is 0.224 e. The summed E-state index contributed by atoms with van der Waals surface area (Å²) in [6.07, 6.45) is 5.12. The van der Waals surface area contributed by atoms with Gasteiger partial charge in [0.05, 0.1) is 19.7 Å². The number of aromatic nitrogens is 2. The van der Waals surface area contributed by atoms with Gasteiger partial charge < -0.3 is 14.8 Å². The molecule has 3 aromatic rings. The van der Waals surface area contributed by atoms with Crippen LogP contribution in [0.25, 0.3) is 0 Å². The van der Waals surface area contributed by atoms with Crippen LogP contribution in [0.5, 0.6) is 17.4 Å². The summed E-state index contributed by atoms with van der Waals surface area (Å²) in [7, 11) is 1.56. The van der Waals surface area contributed by atoms with Crippen molar-refractivity contribution in [3.05, 3.63) is 77.2 Å². The van der Waals surface area contributed by atoms with Gasteiger partial charge in [0, 0.05) is 35.6 Å². The third-order valence-electron chi connectivity index (χ3n) is 3.74. The summed E-state index contributed by atoms with van der Waals surface area (Å²) in [6.45, 7) is 0.363. The third-order valence-corrected chi connectivity index (χ3v) is 3.97. The van der Waals surface area contributed by atoms with Crippen LogP contribution in [-0.2, 0) is 17.8 Å². The monoisotopic (exact) mass is 383 g/mol. The van der Waals surface area contributed by atoms with Gasteiger partial charge in [0.15, 0.2) is 0 Å². The van der Waals surface area contributed by atoms with Crippen molar-refractivity contribution in [2.45, 2.75) is 13.0 Å². The van der Waals surface area contributed by atoms with Gasteiger partial charge >= 0.3 is 0 Å². The summed E-state index contributed by atoms with van der Waals surface area (Å²) in [5.74, 6) is 1.57. The third kappa shape index (κ3) is 5.43. The summed E-state index contributed by atoms with van der Waals surface area (Å²) < 4.78 is 10.8. The fourth-order valence-corrected chi connectivity index (χ4v) is 2.62. The van der Waals surface area contributed by atoms with Gasteiger partial charge in [-0.3, -0.25) is 9.78 Å². The molecule has 0 aliphatic carbocycles. The van der Waals surface area contributed by atoms with Crippen LogP contribution in [0.15, 0.2) is 61.1 Å². The molecule has 1 aromatic carbocycles. The second kappa shape index (κ2) is 9.00. The fourth-order valence-electron chi connectivity index (χ4n) is 2.43. The summed E-state index contributed by atoms with van der Waals surface area (Å²) in [5, 5.41) is 3.42. The van der Waals surface area contributed by atoms with Gasteiger partial charge in [-0.1, -0.05) is 17.7 Å². The van der Waals surface area contributed by atoms with Crippen LogP contribution >= 0.6 is 11.6 Å². The minimum atomic E-state index is -0.133. The molecule has 0 saturated heterocycles. The number of nitrogens with one attached hydrogen (secondary N) is 1. The zero-order valence-electron chi connectivity index (χ0n) is 14.7. The molecule has 27 heavy (non-hydrogen) atoms. The molecular formula is C20H18ClN3O3. The van der Waals surface area contributed by atoms with Gasteiger partial charge in [0.25, 0.3) is 0 Å². The first kappa shape index (κ1) is 18.7. The molecule has 6 nitrogen and oxygen atoms in total. The van der Waals surface area contributed by atoms with E-state index in [2.05, 4.69) is 15.3 Å². The Morgan fingerprint density at radius 2 is 2.07 bits per heavy atom. The van der Waals surface area contributed by atoms with E-state index in [0.717, 1.165) is 11.1 Å². The molecule has 0 aliphatic heterocycles. The lowest BCUT2D eigenvalue weighted by molar-refractivity contribution is -0.120. The van der Waals surface area contributed by atoms with Crippen molar-refractivity contribution in [1.82, 2.24) is 15.3 Å². The summed E-state index contributed by atoms with van der Waals surface area (Å²) in [6, 6.07) is 12.4. The Kier molecular flexibility index (Phi) is 6.22. The zero-order chi connectivity index (χ0) is 19.1. The first-order valence-electron chi connectivity index (χ1n) is 8.26. The Bertz CT molecular complexity index is 902. The Hall–Kier alpha value is -3.12. The van der Waals surface area contributed by atoms with Gasteiger partial charge in [0.1, 0.15) is 11.5 Å². The van der Waals surface area contributed by atoms with Gasteiger partial charge in [0.2, 0.25) is 11.8 Å². The van der Waals surface area contributed by atoms with Crippen LogP contribution in [0, 0.1) is 0 Å². The van der Waals surface area contributed by atoms with Crippen LogP contribution < -0.4 is 14.8 Å². The minimum absolute atomic E-state index is 0.133. The number of benzene rings is 1. The predicted octanol–water partition coefficient (Wildman–Crippen LogP) is 3.79. The Labute approximate surface area is 162 Å². The number of nitrogens with zero attached hydrogens (tertiary/aromatic N) is 2. The van der Waals surface area contributed by atoms with E-state index < -0.39 is 0 Å². The lowest BCUT2D eigenvalue weighted by atomic mass is 10.1. The van der Waals surface area contributed by atoms with Gasteiger partial charge in [-0.2, -0.15) is 0 Å². The van der Waals surface area contributed by atoms with Gasteiger partial charge in [-0.05, 0) is 35.9 Å². The average molecular weight is 384 g/mol. The van der Waals surface area contributed by atoms with E-state index in [1.807, 2.05) is 6.07 Å². The topological polar surface area (TPSA) is 73.3 Å². The average Bonchev–Trinajstić information content (AvgIpc) is 2.68. The molecule has 0 spiro atoms. The number of methoxy groups -OCH3 is 1. The molecule has 0 unspecified atom stereocenters. The molecule has 7 heteroatoms. The van der Waals surface area contributed by atoms with E-state index in [1.165, 1.54) is 0 Å². The number of hydrogen-bond acceptors (Lipinski definition) is 5. The highest BCUT2D eigenvalue weighted by Crippen LogP contribution is 2.23. The van der Waals surface area contributed by atoms with E-state index in [0.29, 0.717) is 28.9 Å². The summed E-state index contributed by atoms with van der Waals surface area (Å²) in [4.78, 5) is 20.4. The van der Waals surface area contributed by atoms with E-state index in [-0.39, 0.29) is 12.3 Å². The Morgan fingerprint density at radius 1 is 1.19 bits per heavy atom. The standard InChI is InChI=1S/C20H18ClN3O3/c1-26-18-6-5-16(21)9-15(18)10-19(25)23-11-14-4-7-20(24-12-14)27-17-3-2-8-22-13-17/h2-9,12-13H,10-11H2,1H3,(H,23,25). The van der Waals surface area contributed by atoms with Gasteiger partial charge in [-0.25, -0.2) is 4.98 Å². The molecule has 3 rings (SSSR count). The maximum absolute atomic E-state index is 12.2. The van der Waals surface area contributed by atoms with Crippen molar-refractivity contribution in [2.24, 2.45) is 0 Å². The van der Waals surface area contributed by atoms with E-state index >= 15 is 0 Å². The second-order valence-corrected chi connectivity index (χ2v) is 6.14. The maximum Gasteiger partial charge on any atom is 0.224 e. The Morgan fingerprint density at radius 3 is 2.78 bits per heavy atom. The van der Waals surface area contributed by atoms with E-state index in [1.54, 1.807) is 62.1 Å². The summed E-state index contributed by atoms with van der Waals surface area (Å²) >= 11 is 5.99. The number of ether oxygens (including phenoxy) is 2. The van der Waals surface area contributed by atoms with Crippen molar-refractivity contribution in [1.29, 1.82) is 0 Å². The highest BCUT2D eigenvalue weighted by Gasteiger charge is 2.10. The largest absolute Gasteiger partial charge is 0.496 e. The SMILES string of the molecule is COc1ccc(Cl)cc1CC(=O)NCc1ccc(Oc2cccnc2)nc1. The molecule has 2 heterocycles. The molecule has 0 fully saturated rings. The molecule has 0 bridgehead atoms. The Balaban J connectivity index is 1.54. The molecule has 138 valence electrons. The first-order valence-corrected chi connectivity index (χ1v) is 8.64. The van der Waals surface area contributed by atoms with Crippen molar-refractivity contribution in [3.8, 4) is 17.4 Å². The minimum Gasteiger partial charge on any atom is -0.496 e. The molecule has 0 aliphatic rings. The second-order valence-electron chi connectivity index (χ2n) is 5.71. The van der Waals surface area contributed by atoms with Crippen LogP contribution in [0.1, 0.15) is 11.1 Å². The molecule has 1 amide bonds. The number of carbonyl (C=O) groups is 1. The lowest BCUT2D eigenvalue weighted by Gasteiger charge is -2.10. The molecule has 0 radical (unpaired) electrons. The van der Waals surface area contributed by atoms with Crippen molar-refractivity contribution in [3.63, 3.8) is 0 Å². The zero-order valence-corrected chi connectivity index (χ0v) is 15.4. The van der Waals surface area contributed by atoms with Crippen LogP contribution in [-0.4, -0.2) is 23.0 Å². The maximum atomic E-state index is 12.2. The lowest BCUT2D eigenvalue weighted by Crippen LogP contribution is -2.24. The molecular weight excluding hydrogens is 366 g/mol. The molecule has 1 N–H and O–H groups in total. The fraction of sp³-hybridized carbons (Fsp3) is 0.150. The molecule has 2 aromatic heterocycles.